The van der Waals surface area contributed by atoms with Gasteiger partial charge in [-0.3, -0.25) is 9.48 Å². The number of anilines is 1. The van der Waals surface area contributed by atoms with Crippen molar-refractivity contribution in [2.24, 2.45) is 11.8 Å². The van der Waals surface area contributed by atoms with Gasteiger partial charge in [-0.1, -0.05) is 13.8 Å². The summed E-state index contributed by atoms with van der Waals surface area (Å²) >= 11 is 0. The zero-order valence-electron chi connectivity index (χ0n) is 17.1. The highest BCUT2D eigenvalue weighted by Gasteiger charge is 2.30. The Labute approximate surface area is 165 Å². The Morgan fingerprint density at radius 1 is 1.36 bits per heavy atom. The van der Waals surface area contributed by atoms with Crippen molar-refractivity contribution in [3.05, 3.63) is 12.4 Å². The predicted octanol–water partition coefficient (Wildman–Crippen LogP) is 2.11. The topological polar surface area (TPSA) is 117 Å². The first-order valence-corrected chi connectivity index (χ1v) is 9.70. The van der Waals surface area contributed by atoms with E-state index in [1.54, 1.807) is 4.90 Å². The maximum absolute atomic E-state index is 12.4. The second-order valence-corrected chi connectivity index (χ2v) is 8.32. The third kappa shape index (κ3) is 5.71. The van der Waals surface area contributed by atoms with Crippen LogP contribution < -0.4 is 10.6 Å². The molecule has 0 aromatic carbocycles. The number of piperidine rings is 1. The van der Waals surface area contributed by atoms with Crippen LogP contribution in [0.3, 0.4) is 0 Å². The van der Waals surface area contributed by atoms with Crippen LogP contribution in [0.5, 0.6) is 0 Å². The minimum Gasteiger partial charge on any atom is -0.479 e. The first kappa shape index (κ1) is 21.7. The van der Waals surface area contributed by atoms with Crippen molar-refractivity contribution in [3.8, 4) is 0 Å². The average molecular weight is 393 g/mol. The van der Waals surface area contributed by atoms with E-state index in [1.807, 2.05) is 13.8 Å². The van der Waals surface area contributed by atoms with Gasteiger partial charge in [0.1, 0.15) is 0 Å². The minimum atomic E-state index is -1.20. The van der Waals surface area contributed by atoms with Gasteiger partial charge in [-0.25, -0.2) is 9.59 Å². The zero-order valence-corrected chi connectivity index (χ0v) is 17.1. The second-order valence-electron chi connectivity index (χ2n) is 8.32. The van der Waals surface area contributed by atoms with Gasteiger partial charge in [0.15, 0.2) is 5.54 Å². The van der Waals surface area contributed by atoms with Gasteiger partial charge in [-0.2, -0.15) is 5.10 Å². The van der Waals surface area contributed by atoms with Crippen LogP contribution >= 0.6 is 0 Å². The van der Waals surface area contributed by atoms with Crippen LogP contribution in [0.1, 0.15) is 47.0 Å². The fourth-order valence-corrected chi connectivity index (χ4v) is 3.08. The van der Waals surface area contributed by atoms with Crippen molar-refractivity contribution >= 4 is 23.6 Å². The molecular formula is C19H31N5O4. The number of carbonyl (C=O) groups is 3. The highest BCUT2D eigenvalue weighted by Crippen LogP contribution is 2.21. The van der Waals surface area contributed by atoms with Crippen LogP contribution in [-0.2, 0) is 15.1 Å². The van der Waals surface area contributed by atoms with Gasteiger partial charge in [0, 0.05) is 32.3 Å². The normalized spacial score (nSPS) is 17.5. The molecule has 1 aromatic rings. The number of rotatable bonds is 7. The number of hydrogen-bond acceptors (Lipinski definition) is 4. The van der Waals surface area contributed by atoms with E-state index in [9.17, 15) is 19.5 Å². The Kier molecular flexibility index (Phi) is 7.04. The van der Waals surface area contributed by atoms with Crippen LogP contribution in [0.4, 0.5) is 10.5 Å². The van der Waals surface area contributed by atoms with E-state index in [4.69, 9.17) is 0 Å². The van der Waals surface area contributed by atoms with Gasteiger partial charge >= 0.3 is 12.0 Å². The van der Waals surface area contributed by atoms with Gasteiger partial charge in [0.25, 0.3) is 0 Å². The van der Waals surface area contributed by atoms with Crippen LogP contribution in [0.15, 0.2) is 12.4 Å². The number of carbonyl (C=O) groups excluding carboxylic acids is 2. The lowest BCUT2D eigenvalue weighted by atomic mass is 9.94. The summed E-state index contributed by atoms with van der Waals surface area (Å²) in [6, 6.07) is -0.0732. The molecule has 1 aliphatic heterocycles. The number of carboxylic acids is 1. The molecule has 156 valence electrons. The average Bonchev–Trinajstić information content (AvgIpc) is 3.08. The summed E-state index contributed by atoms with van der Waals surface area (Å²) < 4.78 is 1.31. The van der Waals surface area contributed by atoms with Crippen molar-refractivity contribution in [2.75, 3.05) is 25.0 Å². The molecule has 0 bridgehead atoms. The molecule has 28 heavy (non-hydrogen) atoms. The molecule has 1 fully saturated rings. The first-order valence-electron chi connectivity index (χ1n) is 9.70. The Balaban J connectivity index is 1.87. The number of hydrogen-bond donors (Lipinski definition) is 3. The standard InChI is InChI=1S/C19H31N5O4/c1-13(2)9-20-18(28)23-7-5-6-14(11-23)8-16(25)22-15-10-21-24(12-15)19(3,4)17(26)27/h10,12-14H,5-9,11H2,1-4H3,(H,20,28)(H,22,25)(H,26,27). The number of carboxylic acid groups (broad SMARTS) is 1. The molecule has 1 unspecified atom stereocenters. The highest BCUT2D eigenvalue weighted by molar-refractivity contribution is 5.90. The van der Waals surface area contributed by atoms with E-state index in [-0.39, 0.29) is 17.9 Å². The van der Waals surface area contributed by atoms with Crippen molar-refractivity contribution in [1.29, 1.82) is 0 Å². The molecule has 1 aliphatic rings. The quantitative estimate of drug-likeness (QED) is 0.656. The van der Waals surface area contributed by atoms with E-state index in [2.05, 4.69) is 15.7 Å². The molecule has 0 radical (unpaired) electrons. The number of nitrogens with zero attached hydrogens (tertiary/aromatic N) is 3. The molecule has 2 heterocycles. The number of aromatic nitrogens is 2. The van der Waals surface area contributed by atoms with Gasteiger partial charge < -0.3 is 20.6 Å². The fraction of sp³-hybridized carbons (Fsp3) is 0.684. The number of urea groups is 1. The summed E-state index contributed by atoms with van der Waals surface area (Å²) in [6.45, 7) is 9.06. The van der Waals surface area contributed by atoms with Gasteiger partial charge in [0.05, 0.1) is 11.9 Å². The fourth-order valence-electron chi connectivity index (χ4n) is 3.08. The van der Waals surface area contributed by atoms with E-state index in [0.29, 0.717) is 37.7 Å². The van der Waals surface area contributed by atoms with Gasteiger partial charge in [-0.15, -0.1) is 0 Å². The molecule has 3 amide bonds. The maximum atomic E-state index is 12.4. The molecule has 1 atom stereocenters. The lowest BCUT2D eigenvalue weighted by Gasteiger charge is -2.32. The van der Waals surface area contributed by atoms with Crippen molar-refractivity contribution in [2.45, 2.75) is 52.5 Å². The predicted molar refractivity (Wildman–Crippen MR) is 105 cm³/mol. The van der Waals surface area contributed by atoms with Crippen molar-refractivity contribution < 1.29 is 19.5 Å². The summed E-state index contributed by atoms with van der Waals surface area (Å²) in [5.74, 6) is -0.681. The third-order valence-corrected chi connectivity index (χ3v) is 4.90. The maximum Gasteiger partial charge on any atom is 0.331 e. The molecule has 2 rings (SSSR count). The largest absolute Gasteiger partial charge is 0.479 e. The van der Waals surface area contributed by atoms with Crippen LogP contribution in [0.2, 0.25) is 0 Å². The molecular weight excluding hydrogens is 362 g/mol. The molecule has 0 aliphatic carbocycles. The lowest BCUT2D eigenvalue weighted by molar-refractivity contribution is -0.146. The van der Waals surface area contributed by atoms with E-state index < -0.39 is 11.5 Å². The number of nitrogens with one attached hydrogen (secondary N) is 2. The lowest BCUT2D eigenvalue weighted by Crippen LogP contribution is -2.46. The summed E-state index contributed by atoms with van der Waals surface area (Å²) in [5, 5.41) is 19.0. The Hall–Kier alpha value is -2.58. The van der Waals surface area contributed by atoms with Gasteiger partial charge in [0.2, 0.25) is 5.91 Å². The van der Waals surface area contributed by atoms with Crippen LogP contribution in [0, 0.1) is 11.8 Å². The highest BCUT2D eigenvalue weighted by atomic mass is 16.4. The number of likely N-dealkylation sites (tertiary alicyclic amines) is 1. The van der Waals surface area contributed by atoms with Crippen molar-refractivity contribution in [1.82, 2.24) is 20.0 Å². The van der Waals surface area contributed by atoms with E-state index in [0.717, 1.165) is 12.8 Å². The third-order valence-electron chi connectivity index (χ3n) is 4.90. The minimum absolute atomic E-state index is 0.0732. The van der Waals surface area contributed by atoms with Gasteiger partial charge in [-0.05, 0) is 38.5 Å². The monoisotopic (exact) mass is 393 g/mol. The molecule has 9 heteroatoms. The SMILES string of the molecule is CC(C)CNC(=O)N1CCCC(CC(=O)Nc2cnn(C(C)(C)C(=O)O)c2)C1. The summed E-state index contributed by atoms with van der Waals surface area (Å²) in [7, 11) is 0. The smallest absolute Gasteiger partial charge is 0.331 e. The molecule has 1 saturated heterocycles. The summed E-state index contributed by atoms with van der Waals surface area (Å²) in [5.41, 5.74) is -0.738. The number of amides is 3. The Bertz CT molecular complexity index is 713. The Morgan fingerprint density at radius 3 is 2.71 bits per heavy atom. The number of aliphatic carboxylic acids is 1. The molecule has 0 spiro atoms. The molecule has 9 nitrogen and oxygen atoms in total. The summed E-state index contributed by atoms with van der Waals surface area (Å²) in [4.78, 5) is 37.7. The van der Waals surface area contributed by atoms with Crippen LogP contribution in [0.25, 0.3) is 0 Å². The molecule has 1 aromatic heterocycles. The van der Waals surface area contributed by atoms with Crippen LogP contribution in [-0.4, -0.2) is 57.3 Å². The van der Waals surface area contributed by atoms with E-state index >= 15 is 0 Å². The molecule has 3 N–H and O–H groups in total. The summed E-state index contributed by atoms with van der Waals surface area (Å²) in [6.07, 6.45) is 5.03. The zero-order chi connectivity index (χ0) is 20.9. The second kappa shape index (κ2) is 9.07. The van der Waals surface area contributed by atoms with E-state index in [1.165, 1.54) is 30.9 Å². The first-order chi connectivity index (χ1) is 13.1. The van der Waals surface area contributed by atoms with Crippen molar-refractivity contribution in [3.63, 3.8) is 0 Å². The Morgan fingerprint density at radius 2 is 2.07 bits per heavy atom. The molecule has 0 saturated carbocycles.